The van der Waals surface area contributed by atoms with Crippen molar-refractivity contribution in [2.45, 2.75) is 12.8 Å². The van der Waals surface area contributed by atoms with Crippen molar-refractivity contribution in [2.75, 3.05) is 25.0 Å². The molecule has 2 heterocycles. The fraction of sp³-hybridized carbons (Fsp3) is 0.400. The molecular formula is C15H19N3. The first kappa shape index (κ1) is 11.5. The summed E-state index contributed by atoms with van der Waals surface area (Å²) < 4.78 is 0. The van der Waals surface area contributed by atoms with Crippen LogP contribution in [0.2, 0.25) is 0 Å². The van der Waals surface area contributed by atoms with E-state index in [4.69, 9.17) is 0 Å². The predicted molar refractivity (Wildman–Crippen MR) is 75.8 cm³/mol. The Hall–Kier alpha value is -1.61. The molecule has 0 atom stereocenters. The molecule has 0 spiro atoms. The number of nitrogens with one attached hydrogen (secondary N) is 2. The van der Waals surface area contributed by atoms with Gasteiger partial charge in [-0.2, -0.15) is 0 Å². The Labute approximate surface area is 108 Å². The highest BCUT2D eigenvalue weighted by atomic mass is 14.9. The van der Waals surface area contributed by atoms with Gasteiger partial charge in [-0.15, -0.1) is 0 Å². The van der Waals surface area contributed by atoms with E-state index in [1.165, 1.54) is 29.3 Å². The molecule has 3 rings (SSSR count). The third-order valence-electron chi connectivity index (χ3n) is 3.72. The monoisotopic (exact) mass is 241 g/mol. The van der Waals surface area contributed by atoms with Crippen LogP contribution in [0.4, 0.5) is 5.69 Å². The fourth-order valence-electron chi connectivity index (χ4n) is 2.61. The molecule has 94 valence electrons. The Morgan fingerprint density at radius 3 is 3.00 bits per heavy atom. The van der Waals surface area contributed by atoms with Crippen molar-refractivity contribution in [3.05, 3.63) is 36.7 Å². The summed E-state index contributed by atoms with van der Waals surface area (Å²) in [5, 5.41) is 9.46. The minimum Gasteiger partial charge on any atom is -0.384 e. The van der Waals surface area contributed by atoms with Gasteiger partial charge in [0.15, 0.2) is 0 Å². The van der Waals surface area contributed by atoms with E-state index in [-0.39, 0.29) is 0 Å². The molecule has 1 aliphatic rings. The maximum Gasteiger partial charge on any atom is 0.0435 e. The Balaban J connectivity index is 1.74. The summed E-state index contributed by atoms with van der Waals surface area (Å²) in [6.07, 6.45) is 6.34. The zero-order chi connectivity index (χ0) is 12.2. The van der Waals surface area contributed by atoms with Gasteiger partial charge in [0.05, 0.1) is 0 Å². The van der Waals surface area contributed by atoms with Crippen molar-refractivity contribution in [1.82, 2.24) is 10.3 Å². The molecule has 1 aromatic carbocycles. The summed E-state index contributed by atoms with van der Waals surface area (Å²) in [7, 11) is 0. The first-order chi connectivity index (χ1) is 8.93. The van der Waals surface area contributed by atoms with E-state index in [1.807, 2.05) is 12.4 Å². The summed E-state index contributed by atoms with van der Waals surface area (Å²) in [4.78, 5) is 4.22. The lowest BCUT2D eigenvalue weighted by atomic mass is 9.98. The van der Waals surface area contributed by atoms with Gasteiger partial charge in [-0.05, 0) is 49.4 Å². The van der Waals surface area contributed by atoms with E-state index in [0.717, 1.165) is 25.6 Å². The first-order valence-electron chi connectivity index (χ1n) is 6.71. The van der Waals surface area contributed by atoms with E-state index < -0.39 is 0 Å². The van der Waals surface area contributed by atoms with Crippen molar-refractivity contribution in [3.63, 3.8) is 0 Å². The maximum atomic E-state index is 4.22. The number of hydrogen-bond acceptors (Lipinski definition) is 3. The molecule has 0 aliphatic carbocycles. The molecule has 2 aromatic rings. The molecule has 1 aromatic heterocycles. The van der Waals surface area contributed by atoms with Gasteiger partial charge < -0.3 is 10.6 Å². The molecule has 0 bridgehead atoms. The van der Waals surface area contributed by atoms with Crippen LogP contribution in [0.5, 0.6) is 0 Å². The summed E-state index contributed by atoms with van der Waals surface area (Å²) in [5.41, 5.74) is 1.21. The van der Waals surface area contributed by atoms with Crippen LogP contribution in [0.25, 0.3) is 10.8 Å². The highest BCUT2D eigenvalue weighted by Crippen LogP contribution is 2.23. The number of benzene rings is 1. The van der Waals surface area contributed by atoms with E-state index >= 15 is 0 Å². The Bertz CT molecular complexity index is 513. The summed E-state index contributed by atoms with van der Waals surface area (Å²) >= 11 is 0. The lowest BCUT2D eigenvalue weighted by Crippen LogP contribution is -2.31. The molecule has 0 saturated carbocycles. The van der Waals surface area contributed by atoms with Crippen LogP contribution in [0, 0.1) is 5.92 Å². The van der Waals surface area contributed by atoms with Crippen LogP contribution in [0.15, 0.2) is 36.7 Å². The normalized spacial score (nSPS) is 16.9. The Kier molecular flexibility index (Phi) is 3.42. The second-order valence-electron chi connectivity index (χ2n) is 4.98. The topological polar surface area (TPSA) is 37.0 Å². The quantitative estimate of drug-likeness (QED) is 0.867. The molecule has 1 aliphatic heterocycles. The Morgan fingerprint density at radius 1 is 1.22 bits per heavy atom. The molecule has 18 heavy (non-hydrogen) atoms. The molecule has 1 fully saturated rings. The summed E-state index contributed by atoms with van der Waals surface area (Å²) in [6, 6.07) is 8.44. The van der Waals surface area contributed by atoms with Gasteiger partial charge in [0.25, 0.3) is 0 Å². The SMILES string of the molecule is c1cc(NCC2CCNCC2)c2cnccc2c1. The number of fused-ring (bicyclic) bond motifs is 1. The second-order valence-corrected chi connectivity index (χ2v) is 4.98. The first-order valence-corrected chi connectivity index (χ1v) is 6.71. The fourth-order valence-corrected chi connectivity index (χ4v) is 2.61. The average Bonchev–Trinajstić information content (AvgIpc) is 2.46. The van der Waals surface area contributed by atoms with Crippen molar-refractivity contribution >= 4 is 16.5 Å². The van der Waals surface area contributed by atoms with E-state index in [2.05, 4.69) is 39.9 Å². The minimum atomic E-state index is 0.790. The van der Waals surface area contributed by atoms with Crippen molar-refractivity contribution in [1.29, 1.82) is 0 Å². The zero-order valence-corrected chi connectivity index (χ0v) is 10.5. The van der Waals surface area contributed by atoms with Crippen LogP contribution >= 0.6 is 0 Å². The maximum absolute atomic E-state index is 4.22. The number of nitrogens with zero attached hydrogens (tertiary/aromatic N) is 1. The molecule has 2 N–H and O–H groups in total. The smallest absolute Gasteiger partial charge is 0.0435 e. The van der Waals surface area contributed by atoms with Gasteiger partial charge >= 0.3 is 0 Å². The van der Waals surface area contributed by atoms with E-state index in [0.29, 0.717) is 0 Å². The van der Waals surface area contributed by atoms with Gasteiger partial charge in [0.1, 0.15) is 0 Å². The minimum absolute atomic E-state index is 0.790. The average molecular weight is 241 g/mol. The van der Waals surface area contributed by atoms with Crippen LogP contribution < -0.4 is 10.6 Å². The molecule has 1 saturated heterocycles. The summed E-state index contributed by atoms with van der Waals surface area (Å²) in [5.74, 6) is 0.790. The van der Waals surface area contributed by atoms with Crippen LogP contribution in [-0.4, -0.2) is 24.6 Å². The molecule has 3 heteroatoms. The van der Waals surface area contributed by atoms with Crippen LogP contribution in [0.1, 0.15) is 12.8 Å². The van der Waals surface area contributed by atoms with Gasteiger partial charge in [-0.3, -0.25) is 4.98 Å². The standard InChI is InChI=1S/C15H19N3/c1-2-13-6-9-17-11-14(13)15(3-1)18-10-12-4-7-16-8-5-12/h1-3,6,9,11-12,16,18H,4-5,7-8,10H2. The number of anilines is 1. The van der Waals surface area contributed by atoms with Crippen LogP contribution in [0.3, 0.4) is 0 Å². The number of aromatic nitrogens is 1. The molecular weight excluding hydrogens is 222 g/mol. The highest BCUT2D eigenvalue weighted by molar-refractivity contribution is 5.93. The van der Waals surface area contributed by atoms with E-state index in [1.54, 1.807) is 0 Å². The number of rotatable bonds is 3. The lowest BCUT2D eigenvalue weighted by molar-refractivity contribution is 0.390. The molecule has 0 amide bonds. The van der Waals surface area contributed by atoms with Crippen LogP contribution in [-0.2, 0) is 0 Å². The molecule has 0 unspecified atom stereocenters. The third kappa shape index (κ3) is 2.46. The third-order valence-corrected chi connectivity index (χ3v) is 3.72. The van der Waals surface area contributed by atoms with Gasteiger partial charge in [-0.1, -0.05) is 12.1 Å². The number of pyridine rings is 1. The Morgan fingerprint density at radius 2 is 2.11 bits per heavy atom. The zero-order valence-electron chi connectivity index (χ0n) is 10.5. The highest BCUT2D eigenvalue weighted by Gasteiger charge is 2.12. The van der Waals surface area contributed by atoms with Crippen molar-refractivity contribution in [3.8, 4) is 0 Å². The van der Waals surface area contributed by atoms with Gasteiger partial charge in [0, 0.05) is 30.0 Å². The van der Waals surface area contributed by atoms with Gasteiger partial charge in [0.2, 0.25) is 0 Å². The number of hydrogen-bond donors (Lipinski definition) is 2. The lowest BCUT2D eigenvalue weighted by Gasteiger charge is -2.23. The molecule has 0 radical (unpaired) electrons. The van der Waals surface area contributed by atoms with Gasteiger partial charge in [-0.25, -0.2) is 0 Å². The van der Waals surface area contributed by atoms with Crippen molar-refractivity contribution < 1.29 is 0 Å². The largest absolute Gasteiger partial charge is 0.384 e. The van der Waals surface area contributed by atoms with Crippen molar-refractivity contribution in [2.24, 2.45) is 5.92 Å². The number of piperidine rings is 1. The summed E-state index contributed by atoms with van der Waals surface area (Å²) in [6.45, 7) is 3.38. The molecule has 3 nitrogen and oxygen atoms in total. The second kappa shape index (κ2) is 5.36. The van der Waals surface area contributed by atoms with E-state index in [9.17, 15) is 0 Å². The predicted octanol–water partition coefficient (Wildman–Crippen LogP) is 2.65.